The molecule has 0 aromatic heterocycles. The topological polar surface area (TPSA) is 49.4 Å². The van der Waals surface area contributed by atoms with Gasteiger partial charge in [-0.1, -0.05) is 48.0 Å². The number of anilines is 2. The Morgan fingerprint density at radius 2 is 1.59 bits per heavy atom. The molecule has 1 N–H and O–H groups in total. The highest BCUT2D eigenvalue weighted by Gasteiger charge is 2.40. The first-order valence-electron chi connectivity index (χ1n) is 8.93. The van der Waals surface area contributed by atoms with Crippen molar-refractivity contribution < 1.29 is 14.0 Å². The summed E-state index contributed by atoms with van der Waals surface area (Å²) in [6, 6.07) is 19.5. The molecule has 3 aromatic carbocycles. The van der Waals surface area contributed by atoms with Gasteiger partial charge in [0.05, 0.1) is 11.3 Å². The summed E-state index contributed by atoms with van der Waals surface area (Å²) in [7, 11) is 0. The van der Waals surface area contributed by atoms with Crippen molar-refractivity contribution >= 4 is 40.4 Å². The second-order valence-electron chi connectivity index (χ2n) is 6.63. The minimum Gasteiger partial charge on any atom is -0.350 e. The zero-order valence-electron chi connectivity index (χ0n) is 15.4. The Labute approximate surface area is 172 Å². The van der Waals surface area contributed by atoms with Gasteiger partial charge in [-0.2, -0.15) is 0 Å². The molecule has 6 heteroatoms. The van der Waals surface area contributed by atoms with Crippen LogP contribution in [0.25, 0.3) is 5.57 Å². The van der Waals surface area contributed by atoms with Gasteiger partial charge < -0.3 is 5.32 Å². The van der Waals surface area contributed by atoms with Crippen molar-refractivity contribution in [2.24, 2.45) is 0 Å². The van der Waals surface area contributed by atoms with Crippen LogP contribution in [0.15, 0.2) is 78.5 Å². The fraction of sp³-hybridized carbons (Fsp3) is 0.0435. The smallest absolute Gasteiger partial charge is 0.282 e. The molecule has 2 amide bonds. The Balaban J connectivity index is 1.81. The van der Waals surface area contributed by atoms with Crippen molar-refractivity contribution in [1.82, 2.24) is 0 Å². The molecule has 1 aliphatic rings. The van der Waals surface area contributed by atoms with Crippen LogP contribution < -0.4 is 10.2 Å². The maximum atomic E-state index is 13.3. The van der Waals surface area contributed by atoms with Crippen LogP contribution in [0, 0.1) is 12.7 Å². The Morgan fingerprint density at radius 3 is 2.24 bits per heavy atom. The van der Waals surface area contributed by atoms with Gasteiger partial charge in [0.25, 0.3) is 11.8 Å². The Bertz CT molecular complexity index is 1140. The third-order valence-electron chi connectivity index (χ3n) is 4.67. The zero-order valence-corrected chi connectivity index (χ0v) is 16.2. The van der Waals surface area contributed by atoms with E-state index in [-0.39, 0.29) is 11.3 Å². The van der Waals surface area contributed by atoms with Gasteiger partial charge in [0, 0.05) is 10.7 Å². The lowest BCUT2D eigenvalue weighted by Gasteiger charge is -2.15. The minimum atomic E-state index is -0.517. The number of imide groups is 1. The summed E-state index contributed by atoms with van der Waals surface area (Å²) in [4.78, 5) is 27.5. The van der Waals surface area contributed by atoms with Crippen LogP contribution in [0.4, 0.5) is 15.8 Å². The van der Waals surface area contributed by atoms with E-state index in [2.05, 4.69) is 5.32 Å². The van der Waals surface area contributed by atoms with E-state index in [0.717, 1.165) is 10.5 Å². The SMILES string of the molecule is Cc1ccc(NC2=C(c3ccccc3)C(=O)N(c3ccc(F)cc3)C2=O)cc1Cl. The van der Waals surface area contributed by atoms with Gasteiger partial charge in [0.2, 0.25) is 0 Å². The standard InChI is InChI=1S/C23H16ClFN2O2/c1-14-7-10-17(13-19(14)24)26-21-20(15-5-3-2-4-6-15)22(28)27(23(21)29)18-11-8-16(25)9-12-18/h2-13,26H,1H3. The highest BCUT2D eigenvalue weighted by molar-refractivity contribution is 6.46. The van der Waals surface area contributed by atoms with Crippen LogP contribution in [-0.2, 0) is 9.59 Å². The van der Waals surface area contributed by atoms with Gasteiger partial charge in [0.1, 0.15) is 11.5 Å². The predicted molar refractivity (Wildman–Crippen MR) is 112 cm³/mol. The molecule has 0 saturated heterocycles. The molecule has 0 spiro atoms. The molecule has 1 heterocycles. The first kappa shape index (κ1) is 18.9. The number of hydrogen-bond donors (Lipinski definition) is 1. The normalized spacial score (nSPS) is 14.0. The van der Waals surface area contributed by atoms with Crippen molar-refractivity contribution in [3.05, 3.63) is 100 Å². The average molecular weight is 407 g/mol. The third kappa shape index (κ3) is 3.52. The number of carbonyl (C=O) groups excluding carboxylic acids is 2. The summed E-state index contributed by atoms with van der Waals surface area (Å²) in [6.45, 7) is 1.88. The lowest BCUT2D eigenvalue weighted by atomic mass is 10.0. The second kappa shape index (κ2) is 7.53. The van der Waals surface area contributed by atoms with Crippen molar-refractivity contribution in [3.8, 4) is 0 Å². The van der Waals surface area contributed by atoms with Crippen LogP contribution in [0.2, 0.25) is 5.02 Å². The number of nitrogens with one attached hydrogen (secondary N) is 1. The molecule has 0 radical (unpaired) electrons. The van der Waals surface area contributed by atoms with Crippen LogP contribution in [-0.4, -0.2) is 11.8 Å². The maximum Gasteiger partial charge on any atom is 0.282 e. The first-order chi connectivity index (χ1) is 14.0. The number of halogens is 2. The molecule has 0 bridgehead atoms. The summed E-state index contributed by atoms with van der Waals surface area (Å²) in [5, 5.41) is 3.60. The van der Waals surface area contributed by atoms with Gasteiger partial charge in [-0.05, 0) is 54.4 Å². The molecule has 0 fully saturated rings. The molecule has 0 atom stereocenters. The molecule has 1 aliphatic heterocycles. The highest BCUT2D eigenvalue weighted by Crippen LogP contribution is 2.34. The number of carbonyl (C=O) groups is 2. The summed E-state index contributed by atoms with van der Waals surface area (Å²) in [6.07, 6.45) is 0. The molecule has 0 aliphatic carbocycles. The van der Waals surface area contributed by atoms with E-state index in [0.29, 0.717) is 22.0 Å². The monoisotopic (exact) mass is 406 g/mol. The lowest BCUT2D eigenvalue weighted by Crippen LogP contribution is -2.32. The molecule has 4 rings (SSSR count). The molecule has 0 saturated carbocycles. The molecule has 29 heavy (non-hydrogen) atoms. The van der Waals surface area contributed by atoms with Gasteiger partial charge >= 0.3 is 0 Å². The zero-order chi connectivity index (χ0) is 20.5. The highest BCUT2D eigenvalue weighted by atomic mass is 35.5. The molecule has 3 aromatic rings. The van der Waals surface area contributed by atoms with E-state index in [9.17, 15) is 14.0 Å². The number of amides is 2. The number of benzene rings is 3. The quantitative estimate of drug-likeness (QED) is 0.607. The van der Waals surface area contributed by atoms with E-state index in [1.807, 2.05) is 19.1 Å². The van der Waals surface area contributed by atoms with Crippen molar-refractivity contribution in [3.63, 3.8) is 0 Å². The fourth-order valence-electron chi connectivity index (χ4n) is 3.16. The number of rotatable bonds is 4. The fourth-order valence-corrected chi connectivity index (χ4v) is 3.34. The van der Waals surface area contributed by atoms with Gasteiger partial charge in [0.15, 0.2) is 0 Å². The predicted octanol–water partition coefficient (Wildman–Crippen LogP) is 5.18. The molecule has 0 unspecified atom stereocenters. The first-order valence-corrected chi connectivity index (χ1v) is 9.31. The summed E-state index contributed by atoms with van der Waals surface area (Å²) in [5.41, 5.74) is 2.79. The summed E-state index contributed by atoms with van der Waals surface area (Å²) in [5.74, 6) is -1.44. The third-order valence-corrected chi connectivity index (χ3v) is 5.08. The van der Waals surface area contributed by atoms with Crippen molar-refractivity contribution in [1.29, 1.82) is 0 Å². The number of nitrogens with zero attached hydrogens (tertiary/aromatic N) is 1. The van der Waals surface area contributed by atoms with Crippen LogP contribution in [0.1, 0.15) is 11.1 Å². The number of hydrogen-bond acceptors (Lipinski definition) is 3. The van der Waals surface area contributed by atoms with Crippen LogP contribution >= 0.6 is 11.6 Å². The Hall–Kier alpha value is -3.44. The largest absolute Gasteiger partial charge is 0.350 e. The van der Waals surface area contributed by atoms with E-state index in [1.165, 1.54) is 24.3 Å². The summed E-state index contributed by atoms with van der Waals surface area (Å²) < 4.78 is 13.3. The van der Waals surface area contributed by atoms with E-state index < -0.39 is 17.6 Å². The Kier molecular flexibility index (Phi) is 4.91. The van der Waals surface area contributed by atoms with Crippen molar-refractivity contribution in [2.75, 3.05) is 10.2 Å². The average Bonchev–Trinajstić information content (AvgIpc) is 2.96. The molecule has 4 nitrogen and oxygen atoms in total. The van der Waals surface area contributed by atoms with Gasteiger partial charge in [-0.25, -0.2) is 9.29 Å². The minimum absolute atomic E-state index is 0.144. The molecular weight excluding hydrogens is 391 g/mol. The van der Waals surface area contributed by atoms with Crippen LogP contribution in [0.5, 0.6) is 0 Å². The van der Waals surface area contributed by atoms with Gasteiger partial charge in [-0.15, -0.1) is 0 Å². The molecule has 144 valence electrons. The molecular formula is C23H16ClFN2O2. The van der Waals surface area contributed by atoms with E-state index in [4.69, 9.17) is 11.6 Å². The van der Waals surface area contributed by atoms with E-state index >= 15 is 0 Å². The summed E-state index contributed by atoms with van der Waals surface area (Å²) >= 11 is 6.20. The second-order valence-corrected chi connectivity index (χ2v) is 7.03. The number of aryl methyl sites for hydroxylation is 1. The maximum absolute atomic E-state index is 13.3. The lowest BCUT2D eigenvalue weighted by molar-refractivity contribution is -0.120. The van der Waals surface area contributed by atoms with Gasteiger partial charge in [-0.3, -0.25) is 9.59 Å². The van der Waals surface area contributed by atoms with Crippen LogP contribution in [0.3, 0.4) is 0 Å². The Morgan fingerprint density at radius 1 is 0.897 bits per heavy atom. The van der Waals surface area contributed by atoms with E-state index in [1.54, 1.807) is 36.4 Å². The van der Waals surface area contributed by atoms with Crippen molar-refractivity contribution in [2.45, 2.75) is 6.92 Å².